The number of hydrogen-bond acceptors (Lipinski definition) is 4. The number of rotatable bonds is 11. The van der Waals surface area contributed by atoms with Crippen LogP contribution in [0.15, 0.2) is 12.2 Å². The van der Waals surface area contributed by atoms with Crippen LogP contribution in [0.2, 0.25) is 0 Å². The molecule has 0 rings (SSSR count). The van der Waals surface area contributed by atoms with Crippen molar-refractivity contribution >= 4 is 11.9 Å². The first-order valence-electron chi connectivity index (χ1n) is 8.43. The lowest BCUT2D eigenvalue weighted by Gasteiger charge is -2.24. The van der Waals surface area contributed by atoms with Gasteiger partial charge in [0.1, 0.15) is 6.10 Å². The first-order chi connectivity index (χ1) is 10.4. The number of unbranched alkanes of at least 4 members (excludes halogenated alkanes) is 4. The molecule has 0 aromatic rings. The Labute approximate surface area is 135 Å². The Kier molecular flexibility index (Phi) is 11.5. The standard InChI is InChI=1S/C18H32O4/c1-6-7-8-9-10-13-21-16(19)11-12-17(20)22-18(14(2)3)15(4)5/h11-12,14-15,18H,6-10,13H2,1-5H3/b12-11+. The highest BCUT2D eigenvalue weighted by Crippen LogP contribution is 2.16. The zero-order valence-corrected chi connectivity index (χ0v) is 14.8. The monoisotopic (exact) mass is 312 g/mol. The van der Waals surface area contributed by atoms with E-state index in [0.717, 1.165) is 25.0 Å². The van der Waals surface area contributed by atoms with E-state index in [4.69, 9.17) is 9.47 Å². The van der Waals surface area contributed by atoms with Crippen LogP contribution in [0.1, 0.15) is 66.7 Å². The van der Waals surface area contributed by atoms with Crippen LogP contribution in [0.5, 0.6) is 0 Å². The highest BCUT2D eigenvalue weighted by Gasteiger charge is 2.20. The predicted octanol–water partition coefficient (Wildman–Crippen LogP) is 4.28. The van der Waals surface area contributed by atoms with Crippen LogP contribution in [-0.4, -0.2) is 24.6 Å². The van der Waals surface area contributed by atoms with Crippen molar-refractivity contribution in [1.82, 2.24) is 0 Å². The molecule has 0 spiro atoms. The maximum Gasteiger partial charge on any atom is 0.331 e. The lowest BCUT2D eigenvalue weighted by atomic mass is 9.96. The third kappa shape index (κ3) is 10.4. The van der Waals surface area contributed by atoms with Crippen LogP contribution < -0.4 is 0 Å². The van der Waals surface area contributed by atoms with E-state index in [-0.39, 0.29) is 17.9 Å². The quantitative estimate of drug-likeness (QED) is 0.324. The smallest absolute Gasteiger partial charge is 0.331 e. The summed E-state index contributed by atoms with van der Waals surface area (Å²) in [5.74, 6) is -0.495. The van der Waals surface area contributed by atoms with E-state index in [1.807, 2.05) is 27.7 Å². The van der Waals surface area contributed by atoms with Gasteiger partial charge in [-0.1, -0.05) is 60.3 Å². The summed E-state index contributed by atoms with van der Waals surface area (Å²) in [6, 6.07) is 0. The molecule has 0 amide bonds. The summed E-state index contributed by atoms with van der Waals surface area (Å²) in [6.07, 6.45) is 7.66. The van der Waals surface area contributed by atoms with E-state index < -0.39 is 11.9 Å². The summed E-state index contributed by atoms with van der Waals surface area (Å²) in [6.45, 7) is 10.6. The zero-order valence-electron chi connectivity index (χ0n) is 14.8. The summed E-state index contributed by atoms with van der Waals surface area (Å²) in [4.78, 5) is 23.2. The van der Waals surface area contributed by atoms with Gasteiger partial charge in [-0.3, -0.25) is 0 Å². The summed E-state index contributed by atoms with van der Waals surface area (Å²) in [5, 5.41) is 0. The molecule has 0 N–H and O–H groups in total. The second-order valence-corrected chi connectivity index (χ2v) is 6.30. The van der Waals surface area contributed by atoms with Crippen LogP contribution in [-0.2, 0) is 19.1 Å². The predicted molar refractivity (Wildman–Crippen MR) is 88.4 cm³/mol. The van der Waals surface area contributed by atoms with Gasteiger partial charge in [-0.2, -0.15) is 0 Å². The van der Waals surface area contributed by atoms with Gasteiger partial charge in [-0.05, 0) is 18.3 Å². The van der Waals surface area contributed by atoms with Gasteiger partial charge in [0.2, 0.25) is 0 Å². The van der Waals surface area contributed by atoms with E-state index >= 15 is 0 Å². The molecular formula is C18H32O4. The van der Waals surface area contributed by atoms with E-state index in [1.54, 1.807) is 0 Å². The number of carbonyl (C=O) groups excluding carboxylic acids is 2. The fraction of sp³-hybridized carbons (Fsp3) is 0.778. The van der Waals surface area contributed by atoms with Gasteiger partial charge in [0.05, 0.1) is 6.61 Å². The third-order valence-electron chi connectivity index (χ3n) is 3.41. The van der Waals surface area contributed by atoms with Crippen LogP contribution in [0.25, 0.3) is 0 Å². The molecule has 0 fully saturated rings. The molecule has 0 bridgehead atoms. The summed E-state index contributed by atoms with van der Waals surface area (Å²) >= 11 is 0. The summed E-state index contributed by atoms with van der Waals surface area (Å²) in [5.41, 5.74) is 0. The molecular weight excluding hydrogens is 280 g/mol. The van der Waals surface area contributed by atoms with Crippen LogP contribution in [0.3, 0.4) is 0 Å². The molecule has 0 heterocycles. The van der Waals surface area contributed by atoms with E-state index in [2.05, 4.69) is 6.92 Å². The van der Waals surface area contributed by atoms with Crippen molar-refractivity contribution < 1.29 is 19.1 Å². The number of hydrogen-bond donors (Lipinski definition) is 0. The fourth-order valence-electron chi connectivity index (χ4n) is 2.28. The molecule has 0 saturated carbocycles. The van der Waals surface area contributed by atoms with Gasteiger partial charge >= 0.3 is 11.9 Å². The van der Waals surface area contributed by atoms with Crippen LogP contribution in [0.4, 0.5) is 0 Å². The number of ether oxygens (including phenoxy) is 2. The first-order valence-corrected chi connectivity index (χ1v) is 8.43. The minimum Gasteiger partial charge on any atom is -0.463 e. The molecule has 128 valence electrons. The van der Waals surface area contributed by atoms with Crippen LogP contribution >= 0.6 is 0 Å². The molecule has 0 unspecified atom stereocenters. The number of carbonyl (C=O) groups is 2. The minimum atomic E-state index is -0.493. The molecule has 0 aliphatic carbocycles. The SMILES string of the molecule is CCCCCCCOC(=O)/C=C/C(=O)OC(C(C)C)C(C)C. The molecule has 0 aliphatic heterocycles. The highest BCUT2D eigenvalue weighted by molar-refractivity contribution is 5.91. The molecule has 0 atom stereocenters. The van der Waals surface area contributed by atoms with Crippen molar-refractivity contribution in [3.05, 3.63) is 12.2 Å². The fourth-order valence-corrected chi connectivity index (χ4v) is 2.28. The average Bonchev–Trinajstić information content (AvgIpc) is 2.45. The maximum atomic E-state index is 11.7. The van der Waals surface area contributed by atoms with Crippen LogP contribution in [0, 0.1) is 11.8 Å². The molecule has 0 radical (unpaired) electrons. The van der Waals surface area contributed by atoms with Crippen molar-refractivity contribution in [1.29, 1.82) is 0 Å². The van der Waals surface area contributed by atoms with Gasteiger partial charge in [0.15, 0.2) is 0 Å². The Morgan fingerprint density at radius 1 is 0.864 bits per heavy atom. The molecule has 22 heavy (non-hydrogen) atoms. The molecule has 0 saturated heterocycles. The first kappa shape index (κ1) is 20.7. The van der Waals surface area contributed by atoms with Crippen molar-refractivity contribution in [2.45, 2.75) is 72.8 Å². The molecule has 0 aromatic heterocycles. The molecule has 0 aliphatic rings. The maximum absolute atomic E-state index is 11.7. The van der Waals surface area contributed by atoms with E-state index in [9.17, 15) is 9.59 Å². The van der Waals surface area contributed by atoms with Crippen molar-refractivity contribution in [2.24, 2.45) is 11.8 Å². The Morgan fingerprint density at radius 2 is 1.41 bits per heavy atom. The lowest BCUT2D eigenvalue weighted by molar-refractivity contribution is -0.148. The Bertz CT molecular complexity index is 337. The highest BCUT2D eigenvalue weighted by atomic mass is 16.5. The van der Waals surface area contributed by atoms with E-state index in [1.165, 1.54) is 19.3 Å². The second-order valence-electron chi connectivity index (χ2n) is 6.30. The lowest BCUT2D eigenvalue weighted by Crippen LogP contribution is -2.28. The van der Waals surface area contributed by atoms with Gasteiger partial charge in [-0.25, -0.2) is 9.59 Å². The van der Waals surface area contributed by atoms with Gasteiger partial charge in [0, 0.05) is 12.2 Å². The molecule has 4 heteroatoms. The van der Waals surface area contributed by atoms with Gasteiger partial charge in [0.25, 0.3) is 0 Å². The molecule has 4 nitrogen and oxygen atoms in total. The van der Waals surface area contributed by atoms with Crippen molar-refractivity contribution in [3.8, 4) is 0 Å². The third-order valence-corrected chi connectivity index (χ3v) is 3.41. The van der Waals surface area contributed by atoms with Gasteiger partial charge < -0.3 is 9.47 Å². The zero-order chi connectivity index (χ0) is 17.0. The summed E-state index contributed by atoms with van der Waals surface area (Å²) in [7, 11) is 0. The van der Waals surface area contributed by atoms with Crippen molar-refractivity contribution in [3.63, 3.8) is 0 Å². The topological polar surface area (TPSA) is 52.6 Å². The van der Waals surface area contributed by atoms with Crippen molar-refractivity contribution in [2.75, 3.05) is 6.61 Å². The second kappa shape index (κ2) is 12.2. The summed E-state index contributed by atoms with van der Waals surface area (Å²) < 4.78 is 10.4. The van der Waals surface area contributed by atoms with Gasteiger partial charge in [-0.15, -0.1) is 0 Å². The average molecular weight is 312 g/mol. The Balaban J connectivity index is 3.98. The number of esters is 2. The normalized spacial score (nSPS) is 11.6. The molecule has 0 aromatic carbocycles. The Hall–Kier alpha value is -1.32. The minimum absolute atomic E-state index is 0.147. The Morgan fingerprint density at radius 3 is 1.95 bits per heavy atom. The largest absolute Gasteiger partial charge is 0.463 e. The van der Waals surface area contributed by atoms with E-state index in [0.29, 0.717) is 6.61 Å².